The summed E-state index contributed by atoms with van der Waals surface area (Å²) < 4.78 is 23.4. The van der Waals surface area contributed by atoms with E-state index in [2.05, 4.69) is 31.0 Å². The summed E-state index contributed by atoms with van der Waals surface area (Å²) >= 11 is 1.48. The molecule has 0 radical (unpaired) electrons. The lowest BCUT2D eigenvalue weighted by Gasteiger charge is -2.10. The van der Waals surface area contributed by atoms with Gasteiger partial charge >= 0.3 is 6.03 Å². The SMILES string of the molecule is Cc1cc(NCc2ccc(-c3cc4nccc(Oc5ccc(NC(=O)NC6CC6)cc5F)c4s3)nc2)nn1C. The Bertz CT molecular complexity index is 1640. The zero-order chi connectivity index (χ0) is 26.9. The number of aryl methyl sites for hydroxylation is 2. The summed E-state index contributed by atoms with van der Waals surface area (Å²) in [4.78, 5) is 22.0. The Labute approximate surface area is 228 Å². The summed E-state index contributed by atoms with van der Waals surface area (Å²) in [5.41, 5.74) is 4.02. The predicted octanol–water partition coefficient (Wildman–Crippen LogP) is 6.23. The maximum absolute atomic E-state index is 14.8. The fourth-order valence-electron chi connectivity index (χ4n) is 4.00. The molecule has 11 heteroatoms. The lowest BCUT2D eigenvalue weighted by molar-refractivity contribution is 0.251. The average Bonchev–Trinajstić information content (AvgIpc) is 3.51. The Hall–Kier alpha value is -4.51. The molecule has 6 rings (SSSR count). The Morgan fingerprint density at radius 1 is 1.13 bits per heavy atom. The van der Waals surface area contributed by atoms with Crippen molar-refractivity contribution in [3.05, 3.63) is 78.0 Å². The molecule has 1 aromatic carbocycles. The number of hydrogen-bond donors (Lipinski definition) is 3. The van der Waals surface area contributed by atoms with Crippen LogP contribution in [0.4, 0.5) is 20.7 Å². The van der Waals surface area contributed by atoms with E-state index >= 15 is 0 Å². The number of amides is 2. The number of carbonyl (C=O) groups excluding carboxylic acids is 1. The number of hydrogen-bond acceptors (Lipinski definition) is 7. The zero-order valence-corrected chi connectivity index (χ0v) is 22.2. The van der Waals surface area contributed by atoms with E-state index in [4.69, 9.17) is 4.74 Å². The molecule has 198 valence electrons. The van der Waals surface area contributed by atoms with E-state index < -0.39 is 5.82 Å². The van der Waals surface area contributed by atoms with Gasteiger partial charge in [0.25, 0.3) is 0 Å². The first-order valence-electron chi connectivity index (χ1n) is 12.5. The third-order valence-electron chi connectivity index (χ3n) is 6.36. The van der Waals surface area contributed by atoms with Crippen LogP contribution < -0.4 is 20.7 Å². The van der Waals surface area contributed by atoms with Gasteiger partial charge in [0.2, 0.25) is 0 Å². The molecule has 1 saturated carbocycles. The minimum atomic E-state index is -0.576. The van der Waals surface area contributed by atoms with Crippen molar-refractivity contribution in [2.45, 2.75) is 32.4 Å². The van der Waals surface area contributed by atoms with Gasteiger partial charge < -0.3 is 20.7 Å². The first-order chi connectivity index (χ1) is 18.9. The number of benzene rings is 1. The molecule has 0 spiro atoms. The zero-order valence-electron chi connectivity index (χ0n) is 21.4. The largest absolute Gasteiger partial charge is 0.453 e. The molecule has 2 amide bonds. The van der Waals surface area contributed by atoms with Crippen LogP contribution in [0.25, 0.3) is 20.8 Å². The van der Waals surface area contributed by atoms with Crippen molar-refractivity contribution < 1.29 is 13.9 Å². The number of anilines is 2. The van der Waals surface area contributed by atoms with Crippen LogP contribution in [0, 0.1) is 12.7 Å². The van der Waals surface area contributed by atoms with Crippen LogP contribution in [0.5, 0.6) is 11.5 Å². The molecule has 4 aromatic heterocycles. The first-order valence-corrected chi connectivity index (χ1v) is 13.4. The quantitative estimate of drug-likeness (QED) is 0.214. The summed E-state index contributed by atoms with van der Waals surface area (Å²) in [5.74, 6) is 0.800. The Morgan fingerprint density at radius 3 is 2.72 bits per heavy atom. The van der Waals surface area contributed by atoms with Crippen LogP contribution in [0.2, 0.25) is 0 Å². The van der Waals surface area contributed by atoms with Crippen molar-refractivity contribution in [2.24, 2.45) is 7.05 Å². The van der Waals surface area contributed by atoms with Gasteiger partial charge in [-0.2, -0.15) is 5.10 Å². The Kier molecular flexibility index (Phi) is 6.57. The highest BCUT2D eigenvalue weighted by Crippen LogP contribution is 2.39. The number of rotatable bonds is 8. The van der Waals surface area contributed by atoms with E-state index in [1.54, 1.807) is 18.3 Å². The average molecular weight is 544 g/mol. The predicted molar refractivity (Wildman–Crippen MR) is 150 cm³/mol. The normalized spacial score (nSPS) is 12.9. The third-order valence-corrected chi connectivity index (χ3v) is 7.52. The topological polar surface area (TPSA) is 106 Å². The van der Waals surface area contributed by atoms with Gasteiger partial charge in [0, 0.05) is 61.6 Å². The summed E-state index contributed by atoms with van der Waals surface area (Å²) in [7, 11) is 1.91. The monoisotopic (exact) mass is 543 g/mol. The Balaban J connectivity index is 1.15. The van der Waals surface area contributed by atoms with E-state index in [0.717, 1.165) is 50.7 Å². The van der Waals surface area contributed by atoms with Gasteiger partial charge in [-0.15, -0.1) is 11.3 Å². The second kappa shape index (κ2) is 10.3. The molecule has 3 N–H and O–H groups in total. The maximum Gasteiger partial charge on any atom is 0.319 e. The van der Waals surface area contributed by atoms with Crippen LogP contribution in [-0.2, 0) is 13.6 Å². The fourth-order valence-corrected chi connectivity index (χ4v) is 5.04. The van der Waals surface area contributed by atoms with Gasteiger partial charge in [0.05, 0.1) is 20.8 Å². The van der Waals surface area contributed by atoms with Gasteiger partial charge in [0.1, 0.15) is 11.6 Å². The smallest absolute Gasteiger partial charge is 0.319 e. The van der Waals surface area contributed by atoms with Gasteiger partial charge in [-0.25, -0.2) is 9.18 Å². The van der Waals surface area contributed by atoms with Crippen molar-refractivity contribution in [3.63, 3.8) is 0 Å². The second-order valence-corrected chi connectivity index (χ2v) is 10.5. The van der Waals surface area contributed by atoms with E-state index in [-0.39, 0.29) is 17.8 Å². The molecule has 39 heavy (non-hydrogen) atoms. The van der Waals surface area contributed by atoms with Crippen LogP contribution in [0.3, 0.4) is 0 Å². The van der Waals surface area contributed by atoms with Crippen LogP contribution in [-0.4, -0.2) is 31.8 Å². The van der Waals surface area contributed by atoms with E-state index in [0.29, 0.717) is 18.0 Å². The molecule has 5 aromatic rings. The van der Waals surface area contributed by atoms with Gasteiger partial charge in [-0.3, -0.25) is 14.6 Å². The molecule has 0 aliphatic heterocycles. The summed E-state index contributed by atoms with van der Waals surface area (Å²) in [6, 6.07) is 13.9. The minimum absolute atomic E-state index is 0.0590. The molecule has 1 aliphatic rings. The number of pyridine rings is 2. The minimum Gasteiger partial charge on any atom is -0.453 e. The highest BCUT2D eigenvalue weighted by Gasteiger charge is 2.23. The molecule has 0 unspecified atom stereocenters. The van der Waals surface area contributed by atoms with Crippen molar-refractivity contribution in [1.29, 1.82) is 0 Å². The maximum atomic E-state index is 14.8. The number of halogens is 1. The molecule has 4 heterocycles. The summed E-state index contributed by atoms with van der Waals surface area (Å²) in [6.45, 7) is 2.62. The van der Waals surface area contributed by atoms with Crippen molar-refractivity contribution in [2.75, 3.05) is 10.6 Å². The number of nitrogens with one attached hydrogen (secondary N) is 3. The standard InChI is InChI=1S/C28H26FN7O2S/c1-16-11-26(35-36(16)2)32-15-17-3-7-21(31-14-17)25-13-22-27(39-25)24(9-10-30-22)38-23-8-6-19(12-20(23)29)34-28(37)33-18-4-5-18/h3,6-14,18H,4-5,15H2,1-2H3,(H,32,35)(H2,33,34,37). The van der Waals surface area contributed by atoms with Gasteiger partial charge in [0.15, 0.2) is 11.6 Å². The third kappa shape index (κ3) is 5.68. The molecular weight excluding hydrogens is 517 g/mol. The molecule has 9 nitrogen and oxygen atoms in total. The highest BCUT2D eigenvalue weighted by atomic mass is 32.1. The highest BCUT2D eigenvalue weighted by molar-refractivity contribution is 7.22. The number of urea groups is 1. The number of fused-ring (bicyclic) bond motifs is 1. The number of nitrogens with zero attached hydrogens (tertiary/aromatic N) is 4. The molecule has 0 atom stereocenters. The molecule has 0 bridgehead atoms. The van der Waals surface area contributed by atoms with Crippen LogP contribution >= 0.6 is 11.3 Å². The van der Waals surface area contributed by atoms with Crippen LogP contribution in [0.15, 0.2) is 60.9 Å². The summed E-state index contributed by atoms with van der Waals surface area (Å²) in [6.07, 6.45) is 5.42. The van der Waals surface area contributed by atoms with Gasteiger partial charge in [-0.1, -0.05) is 6.07 Å². The van der Waals surface area contributed by atoms with E-state index in [9.17, 15) is 9.18 Å². The van der Waals surface area contributed by atoms with E-state index in [1.165, 1.54) is 23.5 Å². The fraction of sp³-hybridized carbons (Fsp3) is 0.214. The lowest BCUT2D eigenvalue weighted by atomic mass is 10.2. The lowest BCUT2D eigenvalue weighted by Crippen LogP contribution is -2.30. The van der Waals surface area contributed by atoms with Crippen molar-refractivity contribution in [3.8, 4) is 22.1 Å². The van der Waals surface area contributed by atoms with Crippen LogP contribution in [0.1, 0.15) is 24.1 Å². The Morgan fingerprint density at radius 2 is 2.00 bits per heavy atom. The number of thiophene rings is 1. The first kappa shape index (κ1) is 24.8. The van der Waals surface area contributed by atoms with E-state index in [1.807, 2.05) is 49.1 Å². The molecule has 0 saturated heterocycles. The molecule has 1 fully saturated rings. The van der Waals surface area contributed by atoms with Gasteiger partial charge in [-0.05, 0) is 49.6 Å². The number of aromatic nitrogens is 4. The number of carbonyl (C=O) groups is 1. The molecular formula is C28H26FN7O2S. The van der Waals surface area contributed by atoms with Crippen molar-refractivity contribution >= 4 is 39.1 Å². The second-order valence-electron chi connectivity index (χ2n) is 9.45. The number of ether oxygens (including phenoxy) is 1. The summed E-state index contributed by atoms with van der Waals surface area (Å²) in [5, 5.41) is 13.2. The van der Waals surface area contributed by atoms with Crippen molar-refractivity contribution in [1.82, 2.24) is 25.1 Å². The molecule has 1 aliphatic carbocycles.